The monoisotopic (exact) mass is 587 g/mol. The first-order valence-corrected chi connectivity index (χ1v) is 21.5. The number of ketones is 1. The third-order valence-electron chi connectivity index (χ3n) is 6.15. The molecular weight excluding hydrogens is 548 g/mol. The summed E-state index contributed by atoms with van der Waals surface area (Å²) in [6.45, 7) is 10.8. The normalized spacial score (nSPS) is 14.2. The predicted octanol–water partition coefficient (Wildman–Crippen LogP) is 9.02. The summed E-state index contributed by atoms with van der Waals surface area (Å²) < 4.78 is 8.79. The molecule has 0 spiro atoms. The number of hydrogen-bond acceptors (Lipinski definition) is 3. The zero-order valence-corrected chi connectivity index (χ0v) is 24.9. The van der Waals surface area contributed by atoms with E-state index in [0.29, 0.717) is 29.2 Å². The van der Waals surface area contributed by atoms with Crippen LogP contribution in [0.3, 0.4) is 0 Å². The van der Waals surface area contributed by atoms with Crippen molar-refractivity contribution in [3.05, 3.63) is 70.8 Å². The molecule has 0 aliphatic heterocycles. The van der Waals surface area contributed by atoms with Crippen molar-refractivity contribution >= 4 is 49.5 Å². The maximum atomic E-state index is 13.7. The molecular formula is C29H38ClNO2Sn. The SMILES string of the molecule is CCC[CH2][Sn]([Cl])([CH2]CCC)[O]C1=C(C(CC(C)C)=Nc2ccc(C)cc2)C(=O)c2ccccc21. The van der Waals surface area contributed by atoms with Crippen LogP contribution in [0.15, 0.2) is 59.1 Å². The maximum absolute atomic E-state index is 13.7. The number of nitrogens with zero attached hydrogens (tertiary/aromatic N) is 1. The van der Waals surface area contributed by atoms with Gasteiger partial charge in [-0.2, -0.15) is 0 Å². The van der Waals surface area contributed by atoms with Crippen LogP contribution in [0.25, 0.3) is 5.76 Å². The van der Waals surface area contributed by atoms with Crippen LogP contribution in [0.2, 0.25) is 8.87 Å². The number of carbonyl (C=O) groups excluding carboxylic acids is 1. The molecule has 3 nitrogen and oxygen atoms in total. The summed E-state index contributed by atoms with van der Waals surface area (Å²) in [7, 11) is 7.35. The third-order valence-corrected chi connectivity index (χ3v) is 17.1. The minimum absolute atomic E-state index is 0.00778. The quantitative estimate of drug-likeness (QED) is 0.184. The van der Waals surface area contributed by atoms with Gasteiger partial charge in [-0.05, 0) is 0 Å². The van der Waals surface area contributed by atoms with E-state index in [9.17, 15) is 4.79 Å². The Bertz CT molecular complexity index is 1050. The van der Waals surface area contributed by atoms with Crippen molar-refractivity contribution in [1.29, 1.82) is 0 Å². The Morgan fingerprint density at radius 3 is 2.12 bits per heavy atom. The number of aliphatic imine (C=N–C) groups is 1. The van der Waals surface area contributed by atoms with Gasteiger partial charge < -0.3 is 0 Å². The molecule has 1 aliphatic carbocycles. The van der Waals surface area contributed by atoms with Crippen molar-refractivity contribution in [2.75, 3.05) is 0 Å². The van der Waals surface area contributed by atoms with Crippen LogP contribution in [0.1, 0.15) is 81.3 Å². The topological polar surface area (TPSA) is 38.7 Å². The molecule has 1 aliphatic rings. The molecule has 0 saturated carbocycles. The molecule has 182 valence electrons. The average molecular weight is 587 g/mol. The number of halogens is 1. The van der Waals surface area contributed by atoms with Crippen LogP contribution in [-0.2, 0) is 3.07 Å². The summed E-state index contributed by atoms with van der Waals surface area (Å²) >= 11 is -3.46. The Kier molecular flexibility index (Phi) is 9.84. The number of Topliss-reactive ketones (excluding diaryl/α,β-unsaturated/α-hetero) is 1. The van der Waals surface area contributed by atoms with E-state index in [-0.39, 0.29) is 5.78 Å². The minimum atomic E-state index is -3.46. The van der Waals surface area contributed by atoms with E-state index in [0.717, 1.165) is 51.5 Å². The van der Waals surface area contributed by atoms with Crippen LogP contribution in [0, 0.1) is 12.8 Å². The van der Waals surface area contributed by atoms with E-state index in [1.807, 2.05) is 36.4 Å². The van der Waals surface area contributed by atoms with Gasteiger partial charge in [0.1, 0.15) is 0 Å². The van der Waals surface area contributed by atoms with E-state index in [4.69, 9.17) is 17.0 Å². The number of allylic oxidation sites excluding steroid dienone is 1. The molecule has 34 heavy (non-hydrogen) atoms. The van der Waals surface area contributed by atoms with E-state index in [2.05, 4.69) is 46.8 Å². The molecule has 0 saturated heterocycles. The molecule has 0 atom stereocenters. The van der Waals surface area contributed by atoms with Crippen LogP contribution < -0.4 is 0 Å². The molecule has 2 aromatic rings. The fourth-order valence-corrected chi connectivity index (χ4v) is 14.6. The van der Waals surface area contributed by atoms with Crippen LogP contribution in [0.5, 0.6) is 0 Å². The number of unbranched alkanes of at least 4 members (excludes halogenated alkanes) is 2. The number of fused-ring (bicyclic) bond motifs is 1. The number of rotatable bonds is 12. The number of aryl methyl sites for hydroxylation is 1. The molecule has 0 bridgehead atoms. The van der Waals surface area contributed by atoms with Crippen LogP contribution >= 0.6 is 8.92 Å². The fourth-order valence-electron chi connectivity index (χ4n) is 4.28. The molecule has 3 rings (SSSR count). The van der Waals surface area contributed by atoms with E-state index < -0.39 is 17.7 Å². The van der Waals surface area contributed by atoms with Crippen molar-refractivity contribution < 1.29 is 7.87 Å². The van der Waals surface area contributed by atoms with Gasteiger partial charge in [-0.3, -0.25) is 0 Å². The second-order valence-electron chi connectivity index (χ2n) is 9.76. The van der Waals surface area contributed by atoms with Crippen molar-refractivity contribution in [1.82, 2.24) is 0 Å². The van der Waals surface area contributed by atoms with Crippen molar-refractivity contribution in [2.45, 2.75) is 75.6 Å². The number of hydrogen-bond donors (Lipinski definition) is 0. The summed E-state index contributed by atoms with van der Waals surface area (Å²) in [6, 6.07) is 15.9. The van der Waals surface area contributed by atoms with E-state index in [1.165, 1.54) is 5.56 Å². The Labute approximate surface area is 213 Å². The summed E-state index contributed by atoms with van der Waals surface area (Å²) in [5, 5.41) is 0. The molecule has 0 N–H and O–H groups in total. The Morgan fingerprint density at radius 1 is 0.971 bits per heavy atom. The van der Waals surface area contributed by atoms with Crippen LogP contribution in [0.4, 0.5) is 5.69 Å². The summed E-state index contributed by atoms with van der Waals surface area (Å²) in [4.78, 5) is 18.7. The second kappa shape index (κ2) is 12.4. The van der Waals surface area contributed by atoms with Gasteiger partial charge in [-0.25, -0.2) is 0 Å². The van der Waals surface area contributed by atoms with Crippen LogP contribution in [-0.4, -0.2) is 29.2 Å². The molecule has 0 radical (unpaired) electrons. The van der Waals surface area contributed by atoms with E-state index in [1.54, 1.807) is 0 Å². The van der Waals surface area contributed by atoms with Crippen molar-refractivity contribution in [3.63, 3.8) is 0 Å². The van der Waals surface area contributed by atoms with Gasteiger partial charge in [-0.15, -0.1) is 0 Å². The third kappa shape index (κ3) is 6.75. The summed E-state index contributed by atoms with van der Waals surface area (Å²) in [5.41, 5.74) is 5.03. The van der Waals surface area contributed by atoms with Gasteiger partial charge >= 0.3 is 215 Å². The first-order chi connectivity index (χ1) is 16.3. The first kappa shape index (κ1) is 27.0. The molecule has 5 heteroatoms. The Balaban J connectivity index is 2.15. The van der Waals surface area contributed by atoms with Crippen molar-refractivity contribution in [3.8, 4) is 0 Å². The average Bonchev–Trinajstić information content (AvgIpc) is 3.08. The Hall–Kier alpha value is -1.59. The van der Waals surface area contributed by atoms with Gasteiger partial charge in [-0.1, -0.05) is 0 Å². The van der Waals surface area contributed by atoms with Gasteiger partial charge in [0.25, 0.3) is 0 Å². The number of carbonyl (C=O) groups is 1. The van der Waals surface area contributed by atoms with Gasteiger partial charge in [0.2, 0.25) is 0 Å². The molecule has 0 unspecified atom stereocenters. The summed E-state index contributed by atoms with van der Waals surface area (Å²) in [6.07, 6.45) is 5.02. The fraction of sp³-hybridized carbons (Fsp3) is 0.448. The zero-order chi connectivity index (χ0) is 24.7. The van der Waals surface area contributed by atoms with Gasteiger partial charge in [0, 0.05) is 0 Å². The molecule has 0 fully saturated rings. The molecule has 0 aromatic heterocycles. The molecule has 0 heterocycles. The molecule has 2 aromatic carbocycles. The predicted molar refractivity (Wildman–Crippen MR) is 148 cm³/mol. The first-order valence-electron chi connectivity index (χ1n) is 12.7. The summed E-state index contributed by atoms with van der Waals surface area (Å²) in [5.74, 6) is 1.04. The zero-order valence-electron chi connectivity index (χ0n) is 21.3. The standard InChI is InChI=1S/C21H21NO2.2C4H9.ClH.Sn/c1-13(2)12-18(22-15-10-8-14(3)9-11-15)19-20(23)16-6-4-5-7-17(16)21(19)24;2*1-3-4-2;;/h4-11,13,23H,12H2,1-3H3;2*1,3-4H2,2H3;1H;/q;;;;+2/p-2. The van der Waals surface area contributed by atoms with Gasteiger partial charge in [0.05, 0.1) is 0 Å². The van der Waals surface area contributed by atoms with Crippen molar-refractivity contribution in [2.24, 2.45) is 10.9 Å². The Morgan fingerprint density at radius 2 is 1.56 bits per heavy atom. The second-order valence-corrected chi connectivity index (χ2v) is 22.9. The number of benzene rings is 2. The molecule has 0 amide bonds. The van der Waals surface area contributed by atoms with Gasteiger partial charge in [0.15, 0.2) is 0 Å². The van der Waals surface area contributed by atoms with E-state index >= 15 is 0 Å².